The zero-order valence-electron chi connectivity index (χ0n) is 19.5. The number of aliphatic carboxylic acids is 1. The summed E-state index contributed by atoms with van der Waals surface area (Å²) in [6, 6.07) is 0. The Balaban J connectivity index is 1.46. The van der Waals surface area contributed by atoms with Crippen LogP contribution < -0.4 is 5.11 Å². The van der Waals surface area contributed by atoms with Crippen LogP contribution in [-0.4, -0.2) is 11.8 Å². The SMILES string of the molecule is C[C@H](CCC[C@@H](C)[C@H]1CC[C@H]2C3=CC[C@H]4CC(=O)CC[C@]4(C)[C@H]3CC[C@]12C)C(=O)[O-]. The van der Waals surface area contributed by atoms with E-state index in [0.717, 1.165) is 56.8 Å². The van der Waals surface area contributed by atoms with Crippen LogP contribution in [0, 0.1) is 46.3 Å². The number of carboxylic acids is 1. The molecule has 0 amide bonds. The van der Waals surface area contributed by atoms with E-state index in [2.05, 4.69) is 26.8 Å². The Morgan fingerprint density at radius 3 is 2.57 bits per heavy atom. The molecule has 0 aliphatic heterocycles. The van der Waals surface area contributed by atoms with E-state index in [1.54, 1.807) is 12.5 Å². The molecule has 0 saturated heterocycles. The van der Waals surface area contributed by atoms with Gasteiger partial charge < -0.3 is 9.90 Å². The van der Waals surface area contributed by atoms with Crippen LogP contribution in [0.3, 0.4) is 0 Å². The Kier molecular flexibility index (Phi) is 5.96. The largest absolute Gasteiger partial charge is 0.550 e. The van der Waals surface area contributed by atoms with Crippen molar-refractivity contribution in [2.75, 3.05) is 0 Å². The number of Topliss-reactive ketones (excluding diaryl/α,β-unsaturated/α-hetero) is 1. The number of hydrogen-bond donors (Lipinski definition) is 0. The van der Waals surface area contributed by atoms with Crippen molar-refractivity contribution in [3.8, 4) is 0 Å². The number of hydrogen-bond acceptors (Lipinski definition) is 3. The van der Waals surface area contributed by atoms with E-state index in [4.69, 9.17) is 0 Å². The fourth-order valence-corrected chi connectivity index (χ4v) is 8.34. The standard InChI is InChI=1S/C27H42O3/c1-17(6-5-7-18(2)25(29)30)22-10-11-23-21-9-8-19-16-20(28)12-14-26(19,3)24(21)13-15-27(22,23)4/h9,17-19,22-24H,5-8,10-16H2,1-4H3,(H,29,30)/p-1/t17-,18-,19+,22-,23+,24+,26+,27-/m1/s1. The molecule has 3 fully saturated rings. The molecular weight excluding hydrogens is 372 g/mol. The van der Waals surface area contributed by atoms with E-state index in [-0.39, 0.29) is 5.92 Å². The lowest BCUT2D eigenvalue weighted by molar-refractivity contribution is -0.311. The Morgan fingerprint density at radius 1 is 1.10 bits per heavy atom. The van der Waals surface area contributed by atoms with Gasteiger partial charge in [-0.25, -0.2) is 0 Å². The Bertz CT molecular complexity index is 724. The smallest absolute Gasteiger partial charge is 0.133 e. The van der Waals surface area contributed by atoms with E-state index in [1.165, 1.54) is 25.7 Å². The van der Waals surface area contributed by atoms with Crippen LogP contribution in [0.1, 0.15) is 98.3 Å². The van der Waals surface area contributed by atoms with Gasteiger partial charge in [0.15, 0.2) is 0 Å². The average molecular weight is 414 g/mol. The molecule has 8 atom stereocenters. The molecule has 0 radical (unpaired) electrons. The number of carbonyl (C=O) groups excluding carboxylic acids is 2. The molecule has 0 aromatic rings. The van der Waals surface area contributed by atoms with E-state index in [0.29, 0.717) is 34.4 Å². The highest BCUT2D eigenvalue weighted by Gasteiger charge is 2.58. The maximum absolute atomic E-state index is 12.1. The minimum atomic E-state index is -0.908. The summed E-state index contributed by atoms with van der Waals surface area (Å²) in [6.45, 7) is 9.24. The summed E-state index contributed by atoms with van der Waals surface area (Å²) in [5.74, 6) is 2.64. The van der Waals surface area contributed by atoms with Gasteiger partial charge in [-0.2, -0.15) is 0 Å². The van der Waals surface area contributed by atoms with Crippen molar-refractivity contribution in [3.05, 3.63) is 11.6 Å². The monoisotopic (exact) mass is 413 g/mol. The van der Waals surface area contributed by atoms with Crippen molar-refractivity contribution in [3.63, 3.8) is 0 Å². The zero-order valence-corrected chi connectivity index (χ0v) is 19.5. The molecule has 0 aromatic heterocycles. The van der Waals surface area contributed by atoms with Gasteiger partial charge in [0, 0.05) is 18.8 Å². The lowest BCUT2D eigenvalue weighted by Gasteiger charge is -2.57. The van der Waals surface area contributed by atoms with Crippen LogP contribution >= 0.6 is 0 Å². The van der Waals surface area contributed by atoms with Crippen LogP contribution in [-0.2, 0) is 9.59 Å². The number of carboxylic acid groups (broad SMARTS) is 1. The third-order valence-corrected chi connectivity index (χ3v) is 10.4. The summed E-state index contributed by atoms with van der Waals surface area (Å²) in [4.78, 5) is 23.1. The fraction of sp³-hybridized carbons (Fsp3) is 0.852. The molecular formula is C27H41O3-. The predicted molar refractivity (Wildman–Crippen MR) is 117 cm³/mol. The van der Waals surface area contributed by atoms with Crippen molar-refractivity contribution in [1.82, 2.24) is 0 Å². The molecule has 0 spiro atoms. The van der Waals surface area contributed by atoms with E-state index >= 15 is 0 Å². The Hall–Kier alpha value is -1.12. The second-order valence-corrected chi connectivity index (χ2v) is 11.8. The zero-order chi connectivity index (χ0) is 21.7. The molecule has 3 heteroatoms. The second-order valence-electron chi connectivity index (χ2n) is 11.8. The number of fused-ring (bicyclic) bond motifs is 5. The van der Waals surface area contributed by atoms with Gasteiger partial charge in [-0.1, -0.05) is 52.2 Å². The van der Waals surface area contributed by atoms with Crippen LogP contribution in [0.5, 0.6) is 0 Å². The first kappa shape index (κ1) is 22.1. The maximum atomic E-state index is 12.1. The fourth-order valence-electron chi connectivity index (χ4n) is 8.34. The number of ketones is 1. The average Bonchev–Trinajstić information content (AvgIpc) is 3.05. The highest BCUT2D eigenvalue weighted by Crippen LogP contribution is 2.66. The molecule has 4 aliphatic carbocycles. The van der Waals surface area contributed by atoms with Crippen LogP contribution in [0.15, 0.2) is 11.6 Å². The van der Waals surface area contributed by atoms with Crippen molar-refractivity contribution < 1.29 is 14.7 Å². The number of rotatable bonds is 6. The molecule has 0 heterocycles. The second kappa shape index (κ2) is 8.10. The molecule has 3 saturated carbocycles. The van der Waals surface area contributed by atoms with Gasteiger partial charge in [-0.3, -0.25) is 4.79 Å². The quantitative estimate of drug-likeness (QED) is 0.553. The van der Waals surface area contributed by atoms with Gasteiger partial charge in [0.05, 0.1) is 0 Å². The minimum Gasteiger partial charge on any atom is -0.550 e. The van der Waals surface area contributed by atoms with Gasteiger partial charge in [0.25, 0.3) is 0 Å². The van der Waals surface area contributed by atoms with Crippen LogP contribution in [0.2, 0.25) is 0 Å². The molecule has 168 valence electrons. The first-order valence-corrected chi connectivity index (χ1v) is 12.6. The van der Waals surface area contributed by atoms with E-state index in [1.807, 2.05) is 0 Å². The molecule has 30 heavy (non-hydrogen) atoms. The van der Waals surface area contributed by atoms with Gasteiger partial charge in [-0.05, 0) is 91.3 Å². The van der Waals surface area contributed by atoms with Gasteiger partial charge >= 0.3 is 0 Å². The van der Waals surface area contributed by atoms with Crippen LogP contribution in [0.4, 0.5) is 0 Å². The Labute approximate surface area is 183 Å². The van der Waals surface area contributed by atoms with Gasteiger partial charge in [0.1, 0.15) is 5.78 Å². The third-order valence-electron chi connectivity index (χ3n) is 10.4. The molecule has 0 aromatic carbocycles. The molecule has 0 unspecified atom stereocenters. The van der Waals surface area contributed by atoms with Crippen molar-refractivity contribution >= 4 is 11.8 Å². The summed E-state index contributed by atoms with van der Waals surface area (Å²) in [5.41, 5.74) is 2.50. The maximum Gasteiger partial charge on any atom is 0.133 e. The molecule has 3 nitrogen and oxygen atoms in total. The molecule has 4 aliphatic rings. The van der Waals surface area contributed by atoms with Gasteiger partial charge in [0.2, 0.25) is 0 Å². The summed E-state index contributed by atoms with van der Waals surface area (Å²) < 4.78 is 0. The van der Waals surface area contributed by atoms with Gasteiger partial charge in [-0.15, -0.1) is 0 Å². The molecule has 0 N–H and O–H groups in total. The van der Waals surface area contributed by atoms with Crippen molar-refractivity contribution in [1.29, 1.82) is 0 Å². The topological polar surface area (TPSA) is 57.2 Å². The lowest BCUT2D eigenvalue weighted by Crippen LogP contribution is -2.49. The summed E-state index contributed by atoms with van der Waals surface area (Å²) in [6.07, 6.45) is 14.5. The molecule has 0 bridgehead atoms. The Morgan fingerprint density at radius 2 is 1.83 bits per heavy atom. The predicted octanol–water partition coefficient (Wildman–Crippen LogP) is 5.33. The van der Waals surface area contributed by atoms with E-state index < -0.39 is 5.97 Å². The number of allylic oxidation sites excluding steroid dienone is 2. The first-order valence-electron chi connectivity index (χ1n) is 12.6. The summed E-state index contributed by atoms with van der Waals surface area (Å²) in [7, 11) is 0. The summed E-state index contributed by atoms with van der Waals surface area (Å²) in [5, 5.41) is 11.0. The minimum absolute atomic E-state index is 0.331. The molecule has 4 rings (SSSR count). The normalized spacial score (nSPS) is 42.5. The highest BCUT2D eigenvalue weighted by molar-refractivity contribution is 5.79. The van der Waals surface area contributed by atoms with Crippen molar-refractivity contribution in [2.45, 2.75) is 98.3 Å². The highest BCUT2D eigenvalue weighted by atomic mass is 16.4. The van der Waals surface area contributed by atoms with Crippen molar-refractivity contribution in [2.24, 2.45) is 46.3 Å². The first-order chi connectivity index (χ1) is 14.2. The third kappa shape index (κ3) is 3.58. The van der Waals surface area contributed by atoms with Crippen LogP contribution in [0.25, 0.3) is 0 Å². The summed E-state index contributed by atoms with van der Waals surface area (Å²) >= 11 is 0. The van der Waals surface area contributed by atoms with E-state index in [9.17, 15) is 14.7 Å². The lowest BCUT2D eigenvalue weighted by atomic mass is 9.47. The number of carbonyl (C=O) groups is 2.